The predicted octanol–water partition coefficient (Wildman–Crippen LogP) is 1.89. The number of carboxylic acid groups (broad SMARTS) is 1. The smallest absolute Gasteiger partial charge is 0.306 e. The van der Waals surface area contributed by atoms with Gasteiger partial charge in [-0.15, -0.1) is 0 Å². The van der Waals surface area contributed by atoms with Crippen molar-refractivity contribution in [2.75, 3.05) is 18.0 Å². The molecule has 19 heavy (non-hydrogen) atoms. The average molecular weight is 268 g/mol. The molecule has 1 aromatic carbocycles. The van der Waals surface area contributed by atoms with Crippen LogP contribution in [0.3, 0.4) is 0 Å². The number of hydrogen-bond acceptors (Lipinski definition) is 4. The molecule has 0 radical (unpaired) electrons. The zero-order valence-corrected chi connectivity index (χ0v) is 10.2. The van der Waals surface area contributed by atoms with Crippen molar-refractivity contribution in [3.63, 3.8) is 0 Å². The van der Waals surface area contributed by atoms with E-state index in [1.165, 1.54) is 6.07 Å². The number of anilines is 1. The second-order valence-electron chi connectivity index (χ2n) is 4.68. The Morgan fingerprint density at radius 1 is 1.58 bits per heavy atom. The molecule has 1 aliphatic heterocycles. The molecule has 0 amide bonds. The van der Waals surface area contributed by atoms with Crippen molar-refractivity contribution >= 4 is 17.3 Å². The van der Waals surface area contributed by atoms with Crippen LogP contribution in [0.2, 0.25) is 0 Å². The van der Waals surface area contributed by atoms with E-state index in [1.807, 2.05) is 0 Å². The highest BCUT2D eigenvalue weighted by molar-refractivity contribution is 5.71. The van der Waals surface area contributed by atoms with Crippen molar-refractivity contribution in [3.05, 3.63) is 34.1 Å². The molecule has 6 nitrogen and oxygen atoms in total. The highest BCUT2D eigenvalue weighted by Gasteiger charge is 2.37. The number of nitro groups is 1. The molecule has 1 aliphatic rings. The van der Waals surface area contributed by atoms with Crippen LogP contribution in [0.4, 0.5) is 15.8 Å². The lowest BCUT2D eigenvalue weighted by atomic mass is 9.86. The summed E-state index contributed by atoms with van der Waals surface area (Å²) in [6.45, 7) is 2.48. The topological polar surface area (TPSA) is 83.7 Å². The van der Waals surface area contributed by atoms with Gasteiger partial charge in [-0.1, -0.05) is 6.92 Å². The van der Waals surface area contributed by atoms with Crippen LogP contribution in [0.5, 0.6) is 0 Å². The average Bonchev–Trinajstić information content (AvgIpc) is 2.28. The maximum Gasteiger partial charge on any atom is 0.306 e. The zero-order chi connectivity index (χ0) is 14.2. The fraction of sp³-hybridized carbons (Fsp3) is 0.417. The number of carbonyl (C=O) groups is 1. The second-order valence-corrected chi connectivity index (χ2v) is 4.68. The molecular weight excluding hydrogens is 255 g/mol. The van der Waals surface area contributed by atoms with Gasteiger partial charge in [0.25, 0.3) is 5.69 Å². The van der Waals surface area contributed by atoms with Crippen LogP contribution in [0.15, 0.2) is 18.2 Å². The third-order valence-corrected chi connectivity index (χ3v) is 3.48. The molecule has 1 atom stereocenters. The maximum absolute atomic E-state index is 13.0. The summed E-state index contributed by atoms with van der Waals surface area (Å²) in [5.41, 5.74) is 0.0432. The van der Waals surface area contributed by atoms with Gasteiger partial charge in [-0.2, -0.15) is 0 Å². The van der Waals surface area contributed by atoms with E-state index < -0.39 is 22.6 Å². The van der Waals surface area contributed by atoms with E-state index in [2.05, 4.69) is 0 Å². The molecule has 1 aromatic rings. The van der Waals surface area contributed by atoms with E-state index in [1.54, 1.807) is 11.8 Å². The summed E-state index contributed by atoms with van der Waals surface area (Å²) < 4.78 is 13.0. The Kier molecular flexibility index (Phi) is 3.37. The van der Waals surface area contributed by atoms with E-state index in [0.717, 1.165) is 12.1 Å². The molecule has 0 spiro atoms. The van der Waals surface area contributed by atoms with Crippen LogP contribution in [0.1, 0.15) is 6.92 Å². The third-order valence-electron chi connectivity index (χ3n) is 3.48. The first-order valence-corrected chi connectivity index (χ1v) is 5.82. The van der Waals surface area contributed by atoms with Crippen molar-refractivity contribution in [3.8, 4) is 0 Å². The van der Waals surface area contributed by atoms with Crippen molar-refractivity contribution in [2.45, 2.75) is 6.92 Å². The summed E-state index contributed by atoms with van der Waals surface area (Å²) in [5.74, 6) is -2.07. The first-order chi connectivity index (χ1) is 8.90. The normalized spacial score (nSPS) is 16.8. The first kappa shape index (κ1) is 13.3. The van der Waals surface area contributed by atoms with Crippen LogP contribution in [0.25, 0.3) is 0 Å². The summed E-state index contributed by atoms with van der Waals surface area (Å²) >= 11 is 0. The number of rotatable bonds is 4. The van der Waals surface area contributed by atoms with Gasteiger partial charge in [0.05, 0.1) is 16.9 Å². The summed E-state index contributed by atoms with van der Waals surface area (Å²) in [6.07, 6.45) is 0. The molecule has 7 heteroatoms. The number of halogens is 1. The molecule has 1 fully saturated rings. The molecule has 0 bridgehead atoms. The quantitative estimate of drug-likeness (QED) is 0.666. The Balaban J connectivity index is 2.14. The molecule has 0 saturated carbocycles. The number of aliphatic carboxylic acids is 1. The largest absolute Gasteiger partial charge is 0.481 e. The number of nitrogens with zero attached hydrogens (tertiary/aromatic N) is 2. The van der Waals surface area contributed by atoms with Gasteiger partial charge in [-0.05, 0) is 12.1 Å². The van der Waals surface area contributed by atoms with Gasteiger partial charge in [0.15, 0.2) is 0 Å². The van der Waals surface area contributed by atoms with Gasteiger partial charge in [0.2, 0.25) is 0 Å². The van der Waals surface area contributed by atoms with Crippen LogP contribution in [-0.2, 0) is 4.79 Å². The van der Waals surface area contributed by atoms with Gasteiger partial charge in [0.1, 0.15) is 11.5 Å². The molecule has 1 saturated heterocycles. The minimum absolute atomic E-state index is 0.0397. The molecule has 1 N–H and O–H groups in total. The Hall–Kier alpha value is -2.18. The van der Waals surface area contributed by atoms with Crippen molar-refractivity contribution in [1.29, 1.82) is 0 Å². The lowest BCUT2D eigenvalue weighted by Crippen LogP contribution is -2.51. The Labute approximate surface area is 108 Å². The van der Waals surface area contributed by atoms with Crippen LogP contribution >= 0.6 is 0 Å². The second kappa shape index (κ2) is 4.83. The number of carboxylic acids is 1. The summed E-state index contributed by atoms with van der Waals surface area (Å²) in [5, 5.41) is 19.7. The van der Waals surface area contributed by atoms with Crippen LogP contribution in [0, 0.1) is 27.8 Å². The van der Waals surface area contributed by atoms with E-state index >= 15 is 0 Å². The van der Waals surface area contributed by atoms with Gasteiger partial charge in [-0.3, -0.25) is 14.9 Å². The van der Waals surface area contributed by atoms with E-state index in [9.17, 15) is 19.3 Å². The summed E-state index contributed by atoms with van der Waals surface area (Å²) in [6, 6.07) is 3.40. The standard InChI is InChI=1S/C12H13FN2O4/c1-7(12(16)17)8-5-14(6-8)10-3-2-9(13)4-11(10)15(18)19/h2-4,7-8H,5-6H2,1H3,(H,16,17). The molecule has 0 aromatic heterocycles. The highest BCUT2D eigenvalue weighted by Crippen LogP contribution is 2.35. The molecule has 102 valence electrons. The molecule has 0 aliphatic carbocycles. The maximum atomic E-state index is 13.0. The molecular formula is C12H13FN2O4. The molecule has 1 heterocycles. The summed E-state index contributed by atoms with van der Waals surface area (Å²) in [7, 11) is 0. The predicted molar refractivity (Wildman–Crippen MR) is 65.6 cm³/mol. The van der Waals surface area contributed by atoms with E-state index in [-0.39, 0.29) is 11.6 Å². The Morgan fingerprint density at radius 2 is 2.21 bits per heavy atom. The lowest BCUT2D eigenvalue weighted by molar-refractivity contribution is -0.384. The zero-order valence-electron chi connectivity index (χ0n) is 10.2. The van der Waals surface area contributed by atoms with Crippen LogP contribution in [-0.4, -0.2) is 29.1 Å². The van der Waals surface area contributed by atoms with Gasteiger partial charge in [-0.25, -0.2) is 4.39 Å². The first-order valence-electron chi connectivity index (χ1n) is 5.82. The fourth-order valence-electron chi connectivity index (χ4n) is 2.14. The van der Waals surface area contributed by atoms with Crippen molar-refractivity contribution in [1.82, 2.24) is 0 Å². The third kappa shape index (κ3) is 2.49. The molecule has 1 unspecified atom stereocenters. The van der Waals surface area contributed by atoms with Crippen molar-refractivity contribution in [2.24, 2.45) is 11.8 Å². The van der Waals surface area contributed by atoms with E-state index in [4.69, 9.17) is 5.11 Å². The minimum Gasteiger partial charge on any atom is -0.481 e. The van der Waals surface area contributed by atoms with Gasteiger partial charge >= 0.3 is 5.97 Å². The fourth-order valence-corrected chi connectivity index (χ4v) is 2.14. The van der Waals surface area contributed by atoms with Crippen LogP contribution < -0.4 is 4.90 Å². The highest BCUT2D eigenvalue weighted by atomic mass is 19.1. The summed E-state index contributed by atoms with van der Waals surface area (Å²) in [4.78, 5) is 22.7. The Morgan fingerprint density at radius 3 is 2.74 bits per heavy atom. The number of nitro benzene ring substituents is 1. The Bertz CT molecular complexity index is 528. The van der Waals surface area contributed by atoms with Crippen molar-refractivity contribution < 1.29 is 19.2 Å². The number of hydrogen-bond donors (Lipinski definition) is 1. The molecule has 2 rings (SSSR count). The van der Waals surface area contributed by atoms with Gasteiger partial charge in [0, 0.05) is 19.0 Å². The lowest BCUT2D eigenvalue weighted by Gasteiger charge is -2.42. The monoisotopic (exact) mass is 268 g/mol. The SMILES string of the molecule is CC(C(=O)O)C1CN(c2ccc(F)cc2[N+](=O)[O-])C1. The van der Waals surface area contributed by atoms with Gasteiger partial charge < -0.3 is 10.0 Å². The number of benzene rings is 1. The minimum atomic E-state index is -0.877. The van der Waals surface area contributed by atoms with E-state index in [0.29, 0.717) is 18.8 Å².